The molecule has 0 radical (unpaired) electrons. The van der Waals surface area contributed by atoms with Crippen LogP contribution in [0.3, 0.4) is 0 Å². The summed E-state index contributed by atoms with van der Waals surface area (Å²) >= 11 is 1.64. The lowest BCUT2D eigenvalue weighted by Gasteiger charge is -2.03. The van der Waals surface area contributed by atoms with Crippen LogP contribution in [0.25, 0.3) is 10.6 Å². The molecule has 0 saturated heterocycles. The highest BCUT2D eigenvalue weighted by Gasteiger charge is 2.04. The van der Waals surface area contributed by atoms with Gasteiger partial charge < -0.3 is 5.32 Å². The molecule has 0 saturated carbocycles. The summed E-state index contributed by atoms with van der Waals surface area (Å²) in [4.78, 5) is 8.37. The Bertz CT molecular complexity index is 712. The summed E-state index contributed by atoms with van der Waals surface area (Å²) in [6, 6.07) is 14.8. The van der Waals surface area contributed by atoms with Crippen LogP contribution >= 0.6 is 11.3 Å². The third kappa shape index (κ3) is 3.64. The molecule has 3 nitrogen and oxygen atoms in total. The number of halogens is 1. The lowest BCUT2D eigenvalue weighted by molar-refractivity contribution is 0.585. The van der Waals surface area contributed by atoms with Crippen LogP contribution < -0.4 is 5.32 Å². The zero-order valence-corrected chi connectivity index (χ0v) is 12.1. The molecule has 2 heterocycles. The number of nitrogens with zero attached hydrogens (tertiary/aromatic N) is 2. The molecule has 0 aliphatic rings. The molecule has 106 valence electrons. The third-order valence-corrected chi connectivity index (χ3v) is 3.92. The van der Waals surface area contributed by atoms with Gasteiger partial charge >= 0.3 is 0 Å². The zero-order chi connectivity index (χ0) is 14.5. The van der Waals surface area contributed by atoms with Gasteiger partial charge in [-0.2, -0.15) is 4.39 Å². The quantitative estimate of drug-likeness (QED) is 0.724. The van der Waals surface area contributed by atoms with Crippen molar-refractivity contribution >= 4 is 17.2 Å². The van der Waals surface area contributed by atoms with Gasteiger partial charge in [0.05, 0.1) is 5.69 Å². The second kappa shape index (κ2) is 6.45. The predicted octanol–water partition coefficient (Wildman–Crippen LogP) is 4.00. The van der Waals surface area contributed by atoms with E-state index in [1.54, 1.807) is 23.5 Å². The first-order valence-corrected chi connectivity index (χ1v) is 7.55. The fraction of sp³-hybridized carbons (Fsp3) is 0.125. The van der Waals surface area contributed by atoms with Crippen LogP contribution in [0.5, 0.6) is 0 Å². The van der Waals surface area contributed by atoms with Crippen LogP contribution in [0.2, 0.25) is 0 Å². The second-order valence-electron chi connectivity index (χ2n) is 4.53. The van der Waals surface area contributed by atoms with Crippen LogP contribution in [-0.4, -0.2) is 16.5 Å². The van der Waals surface area contributed by atoms with Crippen molar-refractivity contribution in [3.8, 4) is 10.6 Å². The van der Waals surface area contributed by atoms with E-state index in [9.17, 15) is 4.39 Å². The van der Waals surface area contributed by atoms with Gasteiger partial charge in [-0.15, -0.1) is 11.3 Å². The normalized spacial score (nSPS) is 10.5. The molecular weight excluding hydrogens is 285 g/mol. The van der Waals surface area contributed by atoms with Gasteiger partial charge in [-0.1, -0.05) is 36.4 Å². The van der Waals surface area contributed by atoms with Gasteiger partial charge in [0.2, 0.25) is 5.95 Å². The Balaban J connectivity index is 1.58. The average molecular weight is 299 g/mol. The Morgan fingerprint density at radius 1 is 1.00 bits per heavy atom. The van der Waals surface area contributed by atoms with Gasteiger partial charge in [0.15, 0.2) is 0 Å². The topological polar surface area (TPSA) is 37.8 Å². The lowest BCUT2D eigenvalue weighted by atomic mass is 10.2. The van der Waals surface area contributed by atoms with E-state index >= 15 is 0 Å². The number of benzene rings is 1. The Morgan fingerprint density at radius 3 is 2.67 bits per heavy atom. The van der Waals surface area contributed by atoms with Gasteiger partial charge in [0.25, 0.3) is 0 Å². The minimum Gasteiger partial charge on any atom is -0.370 e. The molecule has 1 aromatic carbocycles. The SMILES string of the molecule is Fc1cccc(NCCc2csc(-c3ccccc3)n2)n1. The Kier molecular flexibility index (Phi) is 4.21. The van der Waals surface area contributed by atoms with Crippen molar-refractivity contribution in [2.24, 2.45) is 0 Å². The first kappa shape index (κ1) is 13.7. The average Bonchev–Trinajstić information content (AvgIpc) is 2.97. The van der Waals surface area contributed by atoms with E-state index in [0.29, 0.717) is 12.4 Å². The number of nitrogens with one attached hydrogen (secondary N) is 1. The van der Waals surface area contributed by atoms with Crippen LogP contribution in [0.15, 0.2) is 53.9 Å². The number of rotatable bonds is 5. The van der Waals surface area contributed by atoms with E-state index in [2.05, 4.69) is 32.8 Å². The largest absolute Gasteiger partial charge is 0.370 e. The van der Waals surface area contributed by atoms with Crippen molar-refractivity contribution in [1.82, 2.24) is 9.97 Å². The van der Waals surface area contributed by atoms with Crippen molar-refractivity contribution in [2.45, 2.75) is 6.42 Å². The molecule has 0 spiro atoms. The first-order chi connectivity index (χ1) is 10.3. The molecule has 2 aromatic heterocycles. The smallest absolute Gasteiger partial charge is 0.214 e. The minimum absolute atomic E-state index is 0.472. The highest BCUT2D eigenvalue weighted by atomic mass is 32.1. The highest BCUT2D eigenvalue weighted by molar-refractivity contribution is 7.13. The summed E-state index contributed by atoms with van der Waals surface area (Å²) in [5.74, 6) is 0.0773. The maximum absolute atomic E-state index is 12.9. The fourth-order valence-corrected chi connectivity index (χ4v) is 2.82. The van der Waals surface area contributed by atoms with Gasteiger partial charge in [0.1, 0.15) is 10.8 Å². The summed E-state index contributed by atoms with van der Waals surface area (Å²) in [7, 11) is 0. The minimum atomic E-state index is -0.472. The van der Waals surface area contributed by atoms with Crippen molar-refractivity contribution < 1.29 is 4.39 Å². The number of hydrogen-bond acceptors (Lipinski definition) is 4. The zero-order valence-electron chi connectivity index (χ0n) is 11.3. The molecule has 3 aromatic rings. The summed E-state index contributed by atoms with van der Waals surface area (Å²) in [6.45, 7) is 0.675. The molecule has 3 rings (SSSR count). The molecule has 1 N–H and O–H groups in total. The van der Waals surface area contributed by atoms with E-state index < -0.39 is 5.95 Å². The highest BCUT2D eigenvalue weighted by Crippen LogP contribution is 2.23. The summed E-state index contributed by atoms with van der Waals surface area (Å²) in [6.07, 6.45) is 0.779. The second-order valence-corrected chi connectivity index (χ2v) is 5.39. The van der Waals surface area contributed by atoms with E-state index in [0.717, 1.165) is 22.7 Å². The van der Waals surface area contributed by atoms with Gasteiger partial charge in [-0.25, -0.2) is 9.97 Å². The monoisotopic (exact) mass is 299 g/mol. The number of thiazole rings is 1. The van der Waals surface area contributed by atoms with Gasteiger partial charge in [0, 0.05) is 23.9 Å². The molecule has 0 bridgehead atoms. The molecule has 0 aliphatic heterocycles. The number of aromatic nitrogens is 2. The molecule has 5 heteroatoms. The molecule has 0 unspecified atom stereocenters. The molecule has 0 fully saturated rings. The Labute approximate surface area is 126 Å². The van der Waals surface area contributed by atoms with E-state index in [4.69, 9.17) is 0 Å². The number of anilines is 1. The Morgan fingerprint density at radius 2 is 1.86 bits per heavy atom. The van der Waals surface area contributed by atoms with Crippen molar-refractivity contribution in [3.63, 3.8) is 0 Å². The maximum Gasteiger partial charge on any atom is 0.214 e. The lowest BCUT2D eigenvalue weighted by Crippen LogP contribution is -2.06. The number of hydrogen-bond donors (Lipinski definition) is 1. The molecule has 0 atom stereocenters. The van der Waals surface area contributed by atoms with Crippen molar-refractivity contribution in [3.05, 3.63) is 65.6 Å². The van der Waals surface area contributed by atoms with Crippen molar-refractivity contribution in [2.75, 3.05) is 11.9 Å². The van der Waals surface area contributed by atoms with E-state index in [1.165, 1.54) is 6.07 Å². The number of pyridine rings is 1. The first-order valence-electron chi connectivity index (χ1n) is 6.67. The third-order valence-electron chi connectivity index (χ3n) is 2.97. The van der Waals surface area contributed by atoms with Crippen LogP contribution in [0, 0.1) is 5.95 Å². The van der Waals surface area contributed by atoms with Crippen LogP contribution in [-0.2, 0) is 6.42 Å². The maximum atomic E-state index is 12.9. The summed E-state index contributed by atoms with van der Waals surface area (Å²) in [5.41, 5.74) is 2.16. The molecule has 21 heavy (non-hydrogen) atoms. The molecular formula is C16H14FN3S. The summed E-state index contributed by atoms with van der Waals surface area (Å²) in [5, 5.41) is 6.18. The Hall–Kier alpha value is -2.27. The molecule has 0 aliphatic carbocycles. The summed E-state index contributed by atoms with van der Waals surface area (Å²) < 4.78 is 12.9. The van der Waals surface area contributed by atoms with Crippen molar-refractivity contribution in [1.29, 1.82) is 0 Å². The van der Waals surface area contributed by atoms with E-state index in [-0.39, 0.29) is 0 Å². The van der Waals surface area contributed by atoms with Gasteiger partial charge in [-0.05, 0) is 12.1 Å². The molecule has 0 amide bonds. The predicted molar refractivity (Wildman–Crippen MR) is 83.9 cm³/mol. The van der Waals surface area contributed by atoms with E-state index in [1.807, 2.05) is 18.2 Å². The fourth-order valence-electron chi connectivity index (χ4n) is 1.96. The standard InChI is InChI=1S/C16H14FN3S/c17-14-7-4-8-15(20-14)18-10-9-13-11-21-16(19-13)12-5-2-1-3-6-12/h1-8,11H,9-10H2,(H,18,20). The van der Waals surface area contributed by atoms with Crippen LogP contribution in [0.4, 0.5) is 10.2 Å². The van der Waals surface area contributed by atoms with Gasteiger partial charge in [-0.3, -0.25) is 0 Å². The van der Waals surface area contributed by atoms with Crippen LogP contribution in [0.1, 0.15) is 5.69 Å².